The monoisotopic (exact) mass is 438 g/mol. The molecule has 0 atom stereocenters. The Morgan fingerprint density at radius 1 is 0.758 bits per heavy atom. The van der Waals surface area contributed by atoms with Crippen LogP contribution < -0.4 is 4.90 Å². The minimum absolute atomic E-state index is 0.282. The number of likely N-dealkylation sites (N-methyl/N-ethyl adjacent to an activating group) is 1. The minimum Gasteiger partial charge on any atom is -0.369 e. The number of H-pyrrole nitrogens is 1. The summed E-state index contributed by atoms with van der Waals surface area (Å²) in [5, 5.41) is 0. The highest BCUT2D eigenvalue weighted by atomic mass is 19.1. The van der Waals surface area contributed by atoms with Crippen LogP contribution in [0.1, 0.15) is 0 Å². The van der Waals surface area contributed by atoms with Gasteiger partial charge in [0, 0.05) is 37.4 Å². The number of para-hydroxylation sites is 2. The van der Waals surface area contributed by atoms with Gasteiger partial charge in [-0.3, -0.25) is 0 Å². The van der Waals surface area contributed by atoms with Crippen molar-refractivity contribution in [3.05, 3.63) is 72.5 Å². The molecular formula is C26H23FN6. The van der Waals surface area contributed by atoms with Crippen molar-refractivity contribution in [1.82, 2.24) is 24.8 Å². The molecule has 0 saturated carbocycles. The van der Waals surface area contributed by atoms with Gasteiger partial charge >= 0.3 is 0 Å². The topological polar surface area (TPSA) is 60.9 Å². The van der Waals surface area contributed by atoms with Crippen molar-refractivity contribution >= 4 is 27.8 Å². The highest BCUT2D eigenvalue weighted by Crippen LogP contribution is 2.32. The number of aromatic nitrogens is 4. The molecule has 33 heavy (non-hydrogen) atoms. The van der Waals surface area contributed by atoms with E-state index in [0.717, 1.165) is 59.5 Å². The van der Waals surface area contributed by atoms with Crippen LogP contribution in [-0.2, 0) is 0 Å². The maximum Gasteiger partial charge on any atom is 0.159 e. The van der Waals surface area contributed by atoms with Gasteiger partial charge < -0.3 is 14.8 Å². The van der Waals surface area contributed by atoms with Gasteiger partial charge in [-0.1, -0.05) is 12.1 Å². The molecular weight excluding hydrogens is 415 g/mol. The highest BCUT2D eigenvalue weighted by molar-refractivity contribution is 5.88. The van der Waals surface area contributed by atoms with Gasteiger partial charge in [0.05, 0.1) is 22.1 Å². The molecule has 0 spiro atoms. The largest absolute Gasteiger partial charge is 0.369 e. The number of fused-ring (bicyclic) bond motifs is 2. The molecule has 0 unspecified atom stereocenters. The fourth-order valence-electron chi connectivity index (χ4n) is 4.34. The van der Waals surface area contributed by atoms with Crippen molar-refractivity contribution in [2.75, 3.05) is 38.1 Å². The van der Waals surface area contributed by atoms with Gasteiger partial charge in [0.25, 0.3) is 0 Å². The summed E-state index contributed by atoms with van der Waals surface area (Å²) in [6.07, 6.45) is 0. The first kappa shape index (κ1) is 19.8. The molecule has 6 nitrogen and oxygen atoms in total. The van der Waals surface area contributed by atoms with Gasteiger partial charge in [-0.2, -0.15) is 0 Å². The molecule has 5 aromatic rings. The summed E-state index contributed by atoms with van der Waals surface area (Å²) in [4.78, 5) is 22.8. The number of hydrogen-bond acceptors (Lipinski definition) is 5. The normalized spacial score (nSPS) is 14.9. The zero-order valence-corrected chi connectivity index (χ0v) is 18.3. The smallest absolute Gasteiger partial charge is 0.159 e. The molecule has 164 valence electrons. The summed E-state index contributed by atoms with van der Waals surface area (Å²) in [5.74, 6) is 0.364. The Hall–Kier alpha value is -3.84. The molecule has 1 aliphatic heterocycles. The lowest BCUT2D eigenvalue weighted by molar-refractivity contribution is 0.313. The molecule has 2 aromatic heterocycles. The zero-order chi connectivity index (χ0) is 22.4. The van der Waals surface area contributed by atoms with E-state index in [1.165, 1.54) is 12.1 Å². The Kier molecular flexibility index (Phi) is 4.77. The summed E-state index contributed by atoms with van der Waals surface area (Å²) < 4.78 is 13.6. The average Bonchev–Trinajstić information content (AvgIpc) is 3.28. The summed E-state index contributed by atoms with van der Waals surface area (Å²) in [5.41, 5.74) is 6.68. The van der Waals surface area contributed by atoms with E-state index < -0.39 is 0 Å². The Balaban J connectivity index is 1.51. The van der Waals surface area contributed by atoms with Crippen LogP contribution in [0.4, 0.5) is 10.1 Å². The van der Waals surface area contributed by atoms with Gasteiger partial charge in [-0.25, -0.2) is 19.3 Å². The van der Waals surface area contributed by atoms with E-state index in [1.807, 2.05) is 30.3 Å². The fraction of sp³-hybridized carbons (Fsp3) is 0.192. The molecule has 7 heteroatoms. The minimum atomic E-state index is -0.282. The van der Waals surface area contributed by atoms with E-state index in [-0.39, 0.29) is 5.82 Å². The Labute approximate surface area is 190 Å². The van der Waals surface area contributed by atoms with E-state index in [1.54, 1.807) is 12.1 Å². The molecule has 0 aliphatic carbocycles. The molecule has 0 amide bonds. The van der Waals surface area contributed by atoms with Gasteiger partial charge in [0.1, 0.15) is 17.2 Å². The SMILES string of the molecule is CN1CCN(c2ccc3nc(-c4nc5ccccc5[nH]4)c(-c4ccc(F)cc4)nc3c2)CC1. The van der Waals surface area contributed by atoms with Crippen LogP contribution in [0.2, 0.25) is 0 Å². The number of nitrogens with one attached hydrogen (secondary N) is 1. The maximum atomic E-state index is 13.6. The molecule has 1 saturated heterocycles. The number of aromatic amines is 1. The molecule has 3 aromatic carbocycles. The Morgan fingerprint density at radius 2 is 1.52 bits per heavy atom. The highest BCUT2D eigenvalue weighted by Gasteiger charge is 2.19. The first-order valence-electron chi connectivity index (χ1n) is 11.1. The van der Waals surface area contributed by atoms with Crippen LogP contribution in [0, 0.1) is 5.82 Å². The number of halogens is 1. The van der Waals surface area contributed by atoms with Crippen LogP contribution in [0.3, 0.4) is 0 Å². The second-order valence-corrected chi connectivity index (χ2v) is 8.49. The van der Waals surface area contributed by atoms with E-state index in [4.69, 9.17) is 15.0 Å². The summed E-state index contributed by atoms with van der Waals surface area (Å²) >= 11 is 0. The fourth-order valence-corrected chi connectivity index (χ4v) is 4.34. The van der Waals surface area contributed by atoms with E-state index in [0.29, 0.717) is 17.2 Å². The van der Waals surface area contributed by atoms with Gasteiger partial charge in [0.15, 0.2) is 5.82 Å². The molecule has 6 rings (SSSR count). The van der Waals surface area contributed by atoms with Crippen molar-refractivity contribution < 1.29 is 4.39 Å². The second kappa shape index (κ2) is 7.94. The zero-order valence-electron chi connectivity index (χ0n) is 18.3. The van der Waals surface area contributed by atoms with E-state index in [2.05, 4.69) is 34.0 Å². The van der Waals surface area contributed by atoms with Gasteiger partial charge in [-0.15, -0.1) is 0 Å². The maximum absolute atomic E-state index is 13.6. The third-order valence-corrected chi connectivity index (χ3v) is 6.25. The molecule has 1 aliphatic rings. The lowest BCUT2D eigenvalue weighted by Gasteiger charge is -2.34. The lowest BCUT2D eigenvalue weighted by atomic mass is 10.1. The number of anilines is 1. The Bertz CT molecular complexity index is 1420. The average molecular weight is 439 g/mol. The first-order chi connectivity index (χ1) is 16.1. The van der Waals surface area contributed by atoms with Crippen LogP contribution in [-0.4, -0.2) is 58.1 Å². The van der Waals surface area contributed by atoms with Crippen molar-refractivity contribution in [3.63, 3.8) is 0 Å². The lowest BCUT2D eigenvalue weighted by Crippen LogP contribution is -2.44. The van der Waals surface area contributed by atoms with Crippen molar-refractivity contribution in [2.45, 2.75) is 0 Å². The van der Waals surface area contributed by atoms with Crippen LogP contribution in [0.5, 0.6) is 0 Å². The summed E-state index contributed by atoms with van der Waals surface area (Å²) in [6.45, 7) is 4.04. The number of hydrogen-bond donors (Lipinski definition) is 1. The molecule has 0 bridgehead atoms. The molecule has 3 heterocycles. The number of rotatable bonds is 3. The third kappa shape index (κ3) is 3.70. The third-order valence-electron chi connectivity index (χ3n) is 6.25. The predicted octanol–water partition coefficient (Wildman–Crippen LogP) is 4.73. The van der Waals surface area contributed by atoms with E-state index >= 15 is 0 Å². The van der Waals surface area contributed by atoms with Crippen LogP contribution in [0.25, 0.3) is 44.8 Å². The van der Waals surface area contributed by atoms with Crippen molar-refractivity contribution in [3.8, 4) is 22.8 Å². The van der Waals surface area contributed by atoms with E-state index in [9.17, 15) is 4.39 Å². The Morgan fingerprint density at radius 3 is 2.30 bits per heavy atom. The standard InChI is InChI=1S/C26H23FN6/c1-32-12-14-33(15-13-32)19-10-11-22-23(16-19)29-24(17-6-8-18(27)9-7-17)25(28-22)26-30-20-4-2-3-5-21(20)31-26/h2-11,16H,12-15H2,1H3,(H,30,31). The molecule has 1 fully saturated rings. The number of benzene rings is 3. The quantitative estimate of drug-likeness (QED) is 0.441. The van der Waals surface area contributed by atoms with Crippen molar-refractivity contribution in [1.29, 1.82) is 0 Å². The van der Waals surface area contributed by atoms with Crippen LogP contribution >= 0.6 is 0 Å². The molecule has 0 radical (unpaired) electrons. The summed E-state index contributed by atoms with van der Waals surface area (Å²) in [6, 6.07) is 20.5. The summed E-state index contributed by atoms with van der Waals surface area (Å²) in [7, 11) is 2.15. The first-order valence-corrected chi connectivity index (χ1v) is 11.1. The number of nitrogens with zero attached hydrogens (tertiary/aromatic N) is 5. The number of imidazole rings is 1. The van der Waals surface area contributed by atoms with Crippen LogP contribution in [0.15, 0.2) is 66.7 Å². The number of piperazine rings is 1. The predicted molar refractivity (Wildman–Crippen MR) is 130 cm³/mol. The van der Waals surface area contributed by atoms with Crippen molar-refractivity contribution in [2.24, 2.45) is 0 Å². The van der Waals surface area contributed by atoms with Gasteiger partial charge in [0.2, 0.25) is 0 Å². The van der Waals surface area contributed by atoms with Gasteiger partial charge in [-0.05, 0) is 61.6 Å². The molecule has 1 N–H and O–H groups in total. The second-order valence-electron chi connectivity index (χ2n) is 8.49.